The molecule has 1 N–H and O–H groups in total. The standard InChI is InChI=1S/C13H26ClNO/c1-12(6-8-14)7-10-15-9-2-4-13(15)5-3-11-16/h12-13,16H,2-11H2,1H3. The molecule has 0 aromatic heterocycles. The van der Waals surface area contributed by atoms with Crippen molar-refractivity contribution in [3.05, 3.63) is 0 Å². The van der Waals surface area contributed by atoms with E-state index in [9.17, 15) is 0 Å². The predicted octanol–water partition coefficient (Wildman–Crippen LogP) is 2.88. The summed E-state index contributed by atoms with van der Waals surface area (Å²) in [5.41, 5.74) is 0. The second kappa shape index (κ2) is 8.32. The monoisotopic (exact) mass is 247 g/mol. The Labute approximate surface area is 105 Å². The van der Waals surface area contributed by atoms with E-state index in [4.69, 9.17) is 16.7 Å². The third-order valence-corrected chi connectivity index (χ3v) is 3.92. The number of nitrogens with zero attached hydrogens (tertiary/aromatic N) is 1. The zero-order chi connectivity index (χ0) is 11.8. The van der Waals surface area contributed by atoms with Crippen LogP contribution in [0, 0.1) is 5.92 Å². The highest BCUT2D eigenvalue weighted by molar-refractivity contribution is 6.17. The highest BCUT2D eigenvalue weighted by atomic mass is 35.5. The Hall–Kier alpha value is 0.210. The van der Waals surface area contributed by atoms with E-state index in [-0.39, 0.29) is 0 Å². The molecule has 1 saturated heterocycles. The minimum Gasteiger partial charge on any atom is -0.396 e. The Morgan fingerprint density at radius 3 is 2.94 bits per heavy atom. The third kappa shape index (κ3) is 5.03. The van der Waals surface area contributed by atoms with E-state index in [1.54, 1.807) is 0 Å². The summed E-state index contributed by atoms with van der Waals surface area (Å²) in [4.78, 5) is 2.61. The lowest BCUT2D eigenvalue weighted by Gasteiger charge is -2.25. The van der Waals surface area contributed by atoms with E-state index in [2.05, 4.69) is 11.8 Å². The van der Waals surface area contributed by atoms with Gasteiger partial charge in [0.25, 0.3) is 0 Å². The van der Waals surface area contributed by atoms with Crippen molar-refractivity contribution in [1.29, 1.82) is 0 Å². The third-order valence-electron chi connectivity index (χ3n) is 3.71. The quantitative estimate of drug-likeness (QED) is 0.667. The molecule has 0 aliphatic carbocycles. The minimum atomic E-state index is 0.340. The second-order valence-electron chi connectivity index (χ2n) is 5.07. The van der Waals surface area contributed by atoms with Gasteiger partial charge >= 0.3 is 0 Å². The largest absolute Gasteiger partial charge is 0.396 e. The molecule has 0 aromatic rings. The minimum absolute atomic E-state index is 0.340. The lowest BCUT2D eigenvalue weighted by atomic mass is 10.0. The molecular weight excluding hydrogens is 222 g/mol. The number of aliphatic hydroxyl groups is 1. The van der Waals surface area contributed by atoms with Gasteiger partial charge in [0.2, 0.25) is 0 Å². The van der Waals surface area contributed by atoms with Gasteiger partial charge in [-0.3, -0.25) is 0 Å². The summed E-state index contributed by atoms with van der Waals surface area (Å²) in [5, 5.41) is 8.87. The van der Waals surface area contributed by atoms with Crippen molar-refractivity contribution in [2.24, 2.45) is 5.92 Å². The highest BCUT2D eigenvalue weighted by Crippen LogP contribution is 2.22. The molecule has 2 unspecified atom stereocenters. The number of alkyl halides is 1. The maximum atomic E-state index is 8.87. The van der Waals surface area contributed by atoms with Crippen LogP contribution < -0.4 is 0 Å². The molecule has 1 heterocycles. The van der Waals surface area contributed by atoms with Crippen molar-refractivity contribution in [3.8, 4) is 0 Å². The van der Waals surface area contributed by atoms with Crippen LogP contribution in [0.5, 0.6) is 0 Å². The Balaban J connectivity index is 2.18. The summed E-state index contributed by atoms with van der Waals surface area (Å²) in [6.45, 7) is 5.10. The van der Waals surface area contributed by atoms with Crippen LogP contribution in [0.1, 0.15) is 45.4 Å². The topological polar surface area (TPSA) is 23.5 Å². The molecule has 1 rings (SSSR count). The first-order chi connectivity index (χ1) is 7.77. The van der Waals surface area contributed by atoms with Gasteiger partial charge in [-0.15, -0.1) is 11.6 Å². The summed E-state index contributed by atoms with van der Waals surface area (Å²) >= 11 is 5.75. The van der Waals surface area contributed by atoms with Gasteiger partial charge in [0.05, 0.1) is 0 Å². The Morgan fingerprint density at radius 2 is 2.25 bits per heavy atom. The lowest BCUT2D eigenvalue weighted by molar-refractivity contribution is 0.206. The smallest absolute Gasteiger partial charge is 0.0431 e. The number of likely N-dealkylation sites (tertiary alicyclic amines) is 1. The Kier molecular flexibility index (Phi) is 7.42. The first kappa shape index (κ1) is 14.3. The van der Waals surface area contributed by atoms with Crippen molar-refractivity contribution in [1.82, 2.24) is 4.90 Å². The van der Waals surface area contributed by atoms with Crippen LogP contribution in [-0.4, -0.2) is 41.6 Å². The number of aliphatic hydroxyl groups excluding tert-OH is 1. The zero-order valence-corrected chi connectivity index (χ0v) is 11.3. The van der Waals surface area contributed by atoms with E-state index >= 15 is 0 Å². The Bertz CT molecular complexity index is 177. The van der Waals surface area contributed by atoms with E-state index < -0.39 is 0 Å². The maximum Gasteiger partial charge on any atom is 0.0431 e. The van der Waals surface area contributed by atoms with E-state index in [1.807, 2.05) is 0 Å². The van der Waals surface area contributed by atoms with E-state index in [0.29, 0.717) is 6.61 Å². The van der Waals surface area contributed by atoms with Crippen molar-refractivity contribution in [3.63, 3.8) is 0 Å². The first-order valence-electron chi connectivity index (χ1n) is 6.68. The molecule has 16 heavy (non-hydrogen) atoms. The molecular formula is C13H26ClNO. The normalized spacial score (nSPS) is 23.8. The molecule has 0 bridgehead atoms. The molecule has 0 saturated carbocycles. The van der Waals surface area contributed by atoms with Gasteiger partial charge < -0.3 is 10.0 Å². The van der Waals surface area contributed by atoms with Gasteiger partial charge in [-0.05, 0) is 57.5 Å². The van der Waals surface area contributed by atoms with Gasteiger partial charge in [-0.2, -0.15) is 0 Å². The maximum absolute atomic E-state index is 8.87. The van der Waals surface area contributed by atoms with Crippen LogP contribution >= 0.6 is 11.6 Å². The van der Waals surface area contributed by atoms with Crippen LogP contribution in [0.3, 0.4) is 0 Å². The van der Waals surface area contributed by atoms with Gasteiger partial charge in [-0.1, -0.05) is 6.92 Å². The van der Waals surface area contributed by atoms with Crippen molar-refractivity contribution in [2.45, 2.75) is 51.5 Å². The Morgan fingerprint density at radius 1 is 1.44 bits per heavy atom. The van der Waals surface area contributed by atoms with Gasteiger partial charge in [0.1, 0.15) is 0 Å². The van der Waals surface area contributed by atoms with Gasteiger partial charge in [-0.25, -0.2) is 0 Å². The molecule has 1 aliphatic heterocycles. The van der Waals surface area contributed by atoms with E-state index in [1.165, 1.54) is 38.8 Å². The van der Waals surface area contributed by atoms with Gasteiger partial charge in [0.15, 0.2) is 0 Å². The number of hydrogen-bond donors (Lipinski definition) is 1. The molecule has 0 spiro atoms. The molecule has 0 aromatic carbocycles. The molecule has 2 atom stereocenters. The van der Waals surface area contributed by atoms with Crippen molar-refractivity contribution in [2.75, 3.05) is 25.6 Å². The highest BCUT2D eigenvalue weighted by Gasteiger charge is 2.23. The summed E-state index contributed by atoms with van der Waals surface area (Å²) in [6, 6.07) is 0.732. The fourth-order valence-corrected chi connectivity index (χ4v) is 2.93. The van der Waals surface area contributed by atoms with Crippen LogP contribution in [0.15, 0.2) is 0 Å². The molecule has 2 nitrogen and oxygen atoms in total. The van der Waals surface area contributed by atoms with Crippen LogP contribution in [0.4, 0.5) is 0 Å². The average Bonchev–Trinajstić information content (AvgIpc) is 2.71. The van der Waals surface area contributed by atoms with Gasteiger partial charge in [0, 0.05) is 18.5 Å². The molecule has 1 aliphatic rings. The summed E-state index contributed by atoms with van der Waals surface area (Å²) < 4.78 is 0. The number of hydrogen-bond acceptors (Lipinski definition) is 2. The van der Waals surface area contributed by atoms with E-state index in [0.717, 1.165) is 30.7 Å². The van der Waals surface area contributed by atoms with Crippen molar-refractivity contribution >= 4 is 11.6 Å². The first-order valence-corrected chi connectivity index (χ1v) is 7.22. The number of rotatable bonds is 8. The second-order valence-corrected chi connectivity index (χ2v) is 5.45. The SMILES string of the molecule is CC(CCCl)CCN1CCCC1CCCO. The number of halogens is 1. The molecule has 0 radical (unpaired) electrons. The summed E-state index contributed by atoms with van der Waals surface area (Å²) in [7, 11) is 0. The summed E-state index contributed by atoms with van der Waals surface area (Å²) in [6.07, 6.45) is 7.18. The van der Waals surface area contributed by atoms with Crippen LogP contribution in [-0.2, 0) is 0 Å². The van der Waals surface area contributed by atoms with Crippen LogP contribution in [0.2, 0.25) is 0 Å². The molecule has 1 fully saturated rings. The fourth-order valence-electron chi connectivity index (χ4n) is 2.56. The fraction of sp³-hybridized carbons (Fsp3) is 1.00. The molecule has 0 amide bonds. The molecule has 3 heteroatoms. The summed E-state index contributed by atoms with van der Waals surface area (Å²) in [5.74, 6) is 1.53. The molecule has 96 valence electrons. The van der Waals surface area contributed by atoms with Crippen molar-refractivity contribution < 1.29 is 5.11 Å². The lowest BCUT2D eigenvalue weighted by Crippen LogP contribution is -2.31. The zero-order valence-electron chi connectivity index (χ0n) is 10.5. The van der Waals surface area contributed by atoms with Crippen LogP contribution in [0.25, 0.3) is 0 Å². The average molecular weight is 248 g/mol. The predicted molar refractivity (Wildman–Crippen MR) is 70.0 cm³/mol.